The Morgan fingerprint density at radius 2 is 2.22 bits per heavy atom. The quantitative estimate of drug-likeness (QED) is 0.619. The van der Waals surface area contributed by atoms with Gasteiger partial charge in [-0.2, -0.15) is 0 Å². The van der Waals surface area contributed by atoms with Gasteiger partial charge in [-0.15, -0.1) is 11.3 Å². The van der Waals surface area contributed by atoms with Crippen LogP contribution in [-0.2, 0) is 0 Å². The lowest BCUT2D eigenvalue weighted by molar-refractivity contribution is 0.104. The molecule has 0 radical (unpaired) electrons. The Balaban J connectivity index is 2.16. The minimum atomic E-state index is -0.534. The van der Waals surface area contributed by atoms with Crippen molar-refractivity contribution in [2.24, 2.45) is 0 Å². The minimum absolute atomic E-state index is 0.133. The third kappa shape index (κ3) is 2.84. The molecule has 0 aliphatic rings. The van der Waals surface area contributed by atoms with Gasteiger partial charge in [-0.05, 0) is 41.8 Å². The highest BCUT2D eigenvalue weighted by Gasteiger charge is 2.07. The molecule has 0 bridgehead atoms. The number of thiophene rings is 1. The summed E-state index contributed by atoms with van der Waals surface area (Å²) < 4.78 is 18.2. The zero-order chi connectivity index (χ0) is 13.0. The molecule has 0 N–H and O–H groups in total. The molecule has 1 aromatic carbocycles. The summed E-state index contributed by atoms with van der Waals surface area (Å²) in [6.45, 7) is 0. The highest BCUT2D eigenvalue weighted by Crippen LogP contribution is 2.18. The maximum Gasteiger partial charge on any atom is 0.185 e. The molecule has 0 aliphatic heterocycles. The van der Waals surface area contributed by atoms with Crippen LogP contribution >= 0.6 is 11.3 Å². The molecule has 0 saturated heterocycles. The first-order valence-electron chi connectivity index (χ1n) is 5.30. The molecule has 1 heterocycles. The highest BCUT2D eigenvalue weighted by molar-refractivity contribution is 7.10. The third-order valence-corrected chi connectivity index (χ3v) is 3.22. The average molecular weight is 262 g/mol. The molecule has 0 aliphatic carbocycles. The second-order valence-corrected chi connectivity index (χ2v) is 4.54. The number of allylic oxidation sites excluding steroid dienone is 1. The number of carbonyl (C=O) groups is 1. The number of hydrogen-bond donors (Lipinski definition) is 0. The maximum absolute atomic E-state index is 13.4. The second kappa shape index (κ2) is 5.60. The normalized spacial score (nSPS) is 10.8. The molecule has 0 fully saturated rings. The molecule has 0 unspecified atom stereocenters. The van der Waals surface area contributed by atoms with Crippen molar-refractivity contribution in [2.45, 2.75) is 0 Å². The highest BCUT2D eigenvalue weighted by atomic mass is 32.1. The number of hydrogen-bond acceptors (Lipinski definition) is 3. The zero-order valence-electron chi connectivity index (χ0n) is 9.72. The van der Waals surface area contributed by atoms with Crippen molar-refractivity contribution >= 4 is 23.2 Å². The Labute approximate surface area is 108 Å². The number of rotatable bonds is 4. The third-order valence-electron chi connectivity index (χ3n) is 2.38. The molecule has 2 aromatic rings. The molecule has 1 aromatic heterocycles. The van der Waals surface area contributed by atoms with E-state index in [1.807, 2.05) is 17.5 Å². The number of halogens is 1. The molecule has 18 heavy (non-hydrogen) atoms. The summed E-state index contributed by atoms with van der Waals surface area (Å²) in [7, 11) is 1.39. The van der Waals surface area contributed by atoms with Gasteiger partial charge in [0, 0.05) is 10.4 Å². The Kier molecular flexibility index (Phi) is 3.89. The van der Waals surface area contributed by atoms with Crippen LogP contribution in [-0.4, -0.2) is 12.9 Å². The van der Waals surface area contributed by atoms with Crippen LogP contribution in [0.2, 0.25) is 0 Å². The Morgan fingerprint density at radius 1 is 1.39 bits per heavy atom. The molecule has 0 saturated carbocycles. The van der Waals surface area contributed by atoms with E-state index in [4.69, 9.17) is 4.74 Å². The van der Waals surface area contributed by atoms with Gasteiger partial charge in [0.2, 0.25) is 0 Å². The first-order chi connectivity index (χ1) is 8.70. The number of ether oxygens (including phenoxy) is 1. The monoisotopic (exact) mass is 262 g/mol. The van der Waals surface area contributed by atoms with Gasteiger partial charge in [-0.3, -0.25) is 4.79 Å². The van der Waals surface area contributed by atoms with E-state index < -0.39 is 5.82 Å². The molecule has 0 spiro atoms. The van der Waals surface area contributed by atoms with Gasteiger partial charge in [0.1, 0.15) is 0 Å². The van der Waals surface area contributed by atoms with Gasteiger partial charge in [0.05, 0.1) is 7.11 Å². The van der Waals surface area contributed by atoms with Crippen LogP contribution in [0.4, 0.5) is 4.39 Å². The van der Waals surface area contributed by atoms with Crippen molar-refractivity contribution in [3.63, 3.8) is 0 Å². The van der Waals surface area contributed by atoms with Crippen molar-refractivity contribution in [2.75, 3.05) is 7.11 Å². The van der Waals surface area contributed by atoms with Gasteiger partial charge >= 0.3 is 0 Å². The number of methoxy groups -OCH3 is 1. The predicted octanol–water partition coefficient (Wildman–Crippen LogP) is 3.79. The molecule has 2 nitrogen and oxygen atoms in total. The summed E-state index contributed by atoms with van der Waals surface area (Å²) >= 11 is 1.54. The molecular weight excluding hydrogens is 251 g/mol. The smallest absolute Gasteiger partial charge is 0.185 e. The number of carbonyl (C=O) groups excluding carboxylic acids is 1. The lowest BCUT2D eigenvalue weighted by Gasteiger charge is -2.02. The van der Waals surface area contributed by atoms with Crippen LogP contribution in [0, 0.1) is 5.82 Å². The summed E-state index contributed by atoms with van der Waals surface area (Å²) in [6, 6.07) is 7.98. The van der Waals surface area contributed by atoms with E-state index in [9.17, 15) is 9.18 Å². The van der Waals surface area contributed by atoms with E-state index >= 15 is 0 Å². The SMILES string of the molecule is COc1ccc(C(=O)C=Cc2cccs2)cc1F. The summed E-state index contributed by atoms with van der Waals surface area (Å²) in [5.74, 6) is -0.633. The Bertz CT molecular complexity index is 573. The van der Waals surface area contributed by atoms with E-state index in [2.05, 4.69) is 0 Å². The molecule has 0 amide bonds. The number of ketones is 1. The van der Waals surface area contributed by atoms with Gasteiger partial charge in [-0.1, -0.05) is 6.07 Å². The van der Waals surface area contributed by atoms with E-state index in [0.717, 1.165) is 4.88 Å². The van der Waals surface area contributed by atoms with Crippen LogP contribution in [0.1, 0.15) is 15.2 Å². The summed E-state index contributed by atoms with van der Waals surface area (Å²) in [5, 5.41) is 1.93. The average Bonchev–Trinajstić information content (AvgIpc) is 2.89. The minimum Gasteiger partial charge on any atom is -0.494 e. The number of benzene rings is 1. The van der Waals surface area contributed by atoms with Crippen molar-refractivity contribution < 1.29 is 13.9 Å². The van der Waals surface area contributed by atoms with Crippen LogP contribution in [0.15, 0.2) is 41.8 Å². The molecule has 92 valence electrons. The lowest BCUT2D eigenvalue weighted by atomic mass is 10.1. The van der Waals surface area contributed by atoms with Crippen molar-refractivity contribution in [3.8, 4) is 5.75 Å². The van der Waals surface area contributed by atoms with Crippen LogP contribution < -0.4 is 4.74 Å². The van der Waals surface area contributed by atoms with Gasteiger partial charge in [-0.25, -0.2) is 4.39 Å². The molecular formula is C14H11FO2S. The molecule has 4 heteroatoms. The zero-order valence-corrected chi connectivity index (χ0v) is 10.5. The van der Waals surface area contributed by atoms with Crippen LogP contribution in [0.3, 0.4) is 0 Å². The fourth-order valence-electron chi connectivity index (χ4n) is 1.46. The summed E-state index contributed by atoms with van der Waals surface area (Å²) in [6.07, 6.45) is 3.15. The molecule has 2 rings (SSSR count). The van der Waals surface area contributed by atoms with Crippen LogP contribution in [0.5, 0.6) is 5.75 Å². The van der Waals surface area contributed by atoms with Crippen molar-refractivity contribution in [3.05, 3.63) is 58.0 Å². The van der Waals surface area contributed by atoms with E-state index in [1.165, 1.54) is 36.7 Å². The van der Waals surface area contributed by atoms with Crippen LogP contribution in [0.25, 0.3) is 6.08 Å². The largest absolute Gasteiger partial charge is 0.494 e. The fourth-order valence-corrected chi connectivity index (χ4v) is 2.08. The predicted molar refractivity (Wildman–Crippen MR) is 70.6 cm³/mol. The van der Waals surface area contributed by atoms with Crippen molar-refractivity contribution in [1.29, 1.82) is 0 Å². The first kappa shape index (κ1) is 12.5. The van der Waals surface area contributed by atoms with E-state index in [0.29, 0.717) is 5.56 Å². The molecule has 0 atom stereocenters. The topological polar surface area (TPSA) is 26.3 Å². The van der Waals surface area contributed by atoms with E-state index in [-0.39, 0.29) is 11.5 Å². The Hall–Kier alpha value is -1.94. The van der Waals surface area contributed by atoms with Crippen molar-refractivity contribution in [1.82, 2.24) is 0 Å². The second-order valence-electron chi connectivity index (χ2n) is 3.56. The van der Waals surface area contributed by atoms with E-state index in [1.54, 1.807) is 12.1 Å². The lowest BCUT2D eigenvalue weighted by Crippen LogP contribution is -1.96. The van der Waals surface area contributed by atoms with Gasteiger partial charge in [0.15, 0.2) is 17.3 Å². The van der Waals surface area contributed by atoms with Gasteiger partial charge < -0.3 is 4.74 Å². The fraction of sp³-hybridized carbons (Fsp3) is 0.0714. The standard InChI is InChI=1S/C14H11FO2S/c1-17-14-7-4-10(9-12(14)15)13(16)6-5-11-3-2-8-18-11/h2-9H,1H3. The summed E-state index contributed by atoms with van der Waals surface area (Å²) in [5.41, 5.74) is 0.307. The Morgan fingerprint density at radius 3 is 2.83 bits per heavy atom. The first-order valence-corrected chi connectivity index (χ1v) is 6.18. The maximum atomic E-state index is 13.4. The summed E-state index contributed by atoms with van der Waals surface area (Å²) in [4.78, 5) is 12.8. The van der Waals surface area contributed by atoms with Gasteiger partial charge in [0.25, 0.3) is 0 Å².